The lowest BCUT2D eigenvalue weighted by Gasteiger charge is -2.68. The first-order valence-corrected chi connectivity index (χ1v) is 13.6. The first-order valence-electron chi connectivity index (χ1n) is 13.6. The maximum absolute atomic E-state index is 12.8. The molecule has 0 heterocycles. The second-order valence-electron chi connectivity index (χ2n) is 14.2. The number of carbonyl (C=O) groups excluding carboxylic acids is 1. The van der Waals surface area contributed by atoms with Gasteiger partial charge >= 0.3 is 0 Å². The molecule has 0 bridgehead atoms. The molecule has 4 aliphatic rings. The summed E-state index contributed by atoms with van der Waals surface area (Å²) in [5.74, 6) is 2.85. The van der Waals surface area contributed by atoms with Crippen molar-refractivity contribution in [2.45, 2.75) is 125 Å². The normalized spacial score (nSPS) is 47.1. The van der Waals surface area contributed by atoms with Crippen LogP contribution in [0.3, 0.4) is 0 Å². The average molecular weight is 443 g/mol. The summed E-state index contributed by atoms with van der Waals surface area (Å²) in [5, 5.41) is 11.7. The zero-order chi connectivity index (χ0) is 23.7. The van der Waals surface area contributed by atoms with Gasteiger partial charge in [0.2, 0.25) is 0 Å². The van der Waals surface area contributed by atoms with E-state index >= 15 is 0 Å². The van der Waals surface area contributed by atoms with Crippen LogP contribution in [-0.2, 0) is 4.79 Å². The van der Waals surface area contributed by atoms with Crippen molar-refractivity contribution in [2.24, 2.45) is 45.3 Å². The van der Waals surface area contributed by atoms with E-state index in [1.807, 2.05) is 0 Å². The third-order valence-corrected chi connectivity index (χ3v) is 11.9. The van der Waals surface area contributed by atoms with Gasteiger partial charge in [0.1, 0.15) is 5.78 Å². The van der Waals surface area contributed by atoms with Gasteiger partial charge in [-0.1, -0.05) is 46.3 Å². The molecular weight excluding hydrogens is 392 g/mol. The van der Waals surface area contributed by atoms with Gasteiger partial charge in [-0.25, -0.2) is 0 Å². The molecule has 4 rings (SSSR count). The van der Waals surface area contributed by atoms with E-state index in [1.54, 1.807) is 0 Å². The molecule has 0 spiro atoms. The van der Waals surface area contributed by atoms with Crippen LogP contribution in [0.5, 0.6) is 0 Å². The van der Waals surface area contributed by atoms with Gasteiger partial charge in [0.15, 0.2) is 0 Å². The summed E-state index contributed by atoms with van der Waals surface area (Å²) in [5.41, 5.74) is 1.47. The molecule has 0 aliphatic heterocycles. The molecule has 4 aliphatic carbocycles. The third-order valence-electron chi connectivity index (χ3n) is 11.9. The highest BCUT2D eigenvalue weighted by Gasteiger charge is 2.68. The Kier molecular flexibility index (Phi) is 5.89. The summed E-state index contributed by atoms with van der Waals surface area (Å²) in [6.07, 6.45) is 13.5. The van der Waals surface area contributed by atoms with Crippen LogP contribution in [0.25, 0.3) is 0 Å². The van der Waals surface area contributed by atoms with Crippen LogP contribution in [0.1, 0.15) is 120 Å². The standard InChI is InChI=1S/C30H50O2/c1-20(2)10-9-16-30(8,32)24-12-11-22-28(6)17-13-21-26(3,4)25(31)15-19-27(21,5)23(28)14-18-29(22,24)7/h10,21-24,32H,9,11-19H2,1-8H3/t21-,22-,23+,24-,27-,28-,29-,30?/m0/s1. The number of carbonyl (C=O) groups is 1. The van der Waals surface area contributed by atoms with E-state index in [-0.39, 0.29) is 16.2 Å². The Labute approximate surface area is 198 Å². The predicted molar refractivity (Wildman–Crippen MR) is 133 cm³/mol. The minimum atomic E-state index is -0.584. The van der Waals surface area contributed by atoms with Crippen LogP contribution >= 0.6 is 0 Å². The molecule has 0 aromatic heterocycles. The second kappa shape index (κ2) is 7.69. The van der Waals surface area contributed by atoms with Crippen molar-refractivity contribution in [3.63, 3.8) is 0 Å². The smallest absolute Gasteiger partial charge is 0.138 e. The molecule has 0 saturated heterocycles. The van der Waals surface area contributed by atoms with Gasteiger partial charge in [-0.2, -0.15) is 0 Å². The molecule has 1 unspecified atom stereocenters. The van der Waals surface area contributed by atoms with E-state index in [0.717, 1.165) is 25.7 Å². The third kappa shape index (κ3) is 3.40. The maximum Gasteiger partial charge on any atom is 0.138 e. The van der Waals surface area contributed by atoms with Crippen molar-refractivity contribution in [2.75, 3.05) is 0 Å². The summed E-state index contributed by atoms with van der Waals surface area (Å²) in [6, 6.07) is 0. The van der Waals surface area contributed by atoms with Crippen molar-refractivity contribution >= 4 is 5.78 Å². The number of rotatable bonds is 4. The number of Topliss-reactive ketones (excluding diaryl/α,β-unsaturated/α-hetero) is 1. The van der Waals surface area contributed by atoms with Gasteiger partial charge in [-0.05, 0) is 118 Å². The maximum atomic E-state index is 12.8. The second-order valence-corrected chi connectivity index (χ2v) is 14.2. The highest BCUT2D eigenvalue weighted by molar-refractivity contribution is 5.85. The predicted octanol–water partition coefficient (Wildman–Crippen LogP) is 7.74. The summed E-state index contributed by atoms with van der Waals surface area (Å²) >= 11 is 0. The van der Waals surface area contributed by atoms with Crippen LogP contribution in [0.2, 0.25) is 0 Å². The van der Waals surface area contributed by atoms with Crippen LogP contribution < -0.4 is 0 Å². The first kappa shape index (κ1) is 24.5. The van der Waals surface area contributed by atoms with E-state index in [1.165, 1.54) is 44.1 Å². The van der Waals surface area contributed by atoms with Crippen molar-refractivity contribution in [1.29, 1.82) is 0 Å². The molecule has 182 valence electrons. The molecule has 0 aromatic carbocycles. The average Bonchev–Trinajstić information content (AvgIpc) is 3.04. The molecule has 2 nitrogen and oxygen atoms in total. The number of allylic oxidation sites excluding steroid dienone is 2. The van der Waals surface area contributed by atoms with Gasteiger partial charge in [-0.15, -0.1) is 0 Å². The molecule has 8 atom stereocenters. The number of fused-ring (bicyclic) bond motifs is 5. The Morgan fingerprint density at radius 1 is 0.906 bits per heavy atom. The number of aliphatic hydroxyl groups is 1. The van der Waals surface area contributed by atoms with Gasteiger partial charge < -0.3 is 5.11 Å². The molecule has 0 amide bonds. The van der Waals surface area contributed by atoms with Crippen molar-refractivity contribution in [3.05, 3.63) is 11.6 Å². The topological polar surface area (TPSA) is 37.3 Å². The Hall–Kier alpha value is -0.630. The lowest BCUT2D eigenvalue weighted by molar-refractivity contribution is -0.198. The summed E-state index contributed by atoms with van der Waals surface area (Å²) in [4.78, 5) is 12.8. The van der Waals surface area contributed by atoms with Crippen LogP contribution in [0.4, 0.5) is 0 Å². The number of hydrogen-bond donors (Lipinski definition) is 1. The Bertz CT molecular complexity index is 787. The summed E-state index contributed by atoms with van der Waals surface area (Å²) in [6.45, 7) is 18.6. The zero-order valence-corrected chi connectivity index (χ0v) is 22.3. The molecule has 1 N–H and O–H groups in total. The Balaban J connectivity index is 1.62. The lowest BCUT2D eigenvalue weighted by Crippen LogP contribution is -2.62. The van der Waals surface area contributed by atoms with Crippen molar-refractivity contribution in [1.82, 2.24) is 0 Å². The fraction of sp³-hybridized carbons (Fsp3) is 0.900. The fourth-order valence-electron chi connectivity index (χ4n) is 10.4. The molecule has 2 heteroatoms. The Morgan fingerprint density at radius 2 is 1.47 bits per heavy atom. The SMILES string of the molecule is CC(C)=CCCC(C)(O)[C@H]1CC[C@H]2[C@]3(C)CC[C@H]4C(C)(C)C(=O)CC[C@]4(C)[C@H]3CC[C@@]21C. The van der Waals surface area contributed by atoms with E-state index in [4.69, 9.17) is 0 Å². The quantitative estimate of drug-likeness (QED) is 0.452. The summed E-state index contributed by atoms with van der Waals surface area (Å²) in [7, 11) is 0. The molecule has 0 radical (unpaired) electrons. The fourth-order valence-corrected chi connectivity index (χ4v) is 10.4. The van der Waals surface area contributed by atoms with Gasteiger partial charge in [0, 0.05) is 11.8 Å². The lowest BCUT2D eigenvalue weighted by atomic mass is 9.37. The van der Waals surface area contributed by atoms with E-state index in [0.29, 0.717) is 34.9 Å². The van der Waals surface area contributed by atoms with Crippen molar-refractivity contribution in [3.8, 4) is 0 Å². The molecular formula is C30H50O2. The van der Waals surface area contributed by atoms with E-state index in [9.17, 15) is 9.90 Å². The largest absolute Gasteiger partial charge is 0.390 e. The highest BCUT2D eigenvalue weighted by atomic mass is 16.3. The number of hydrogen-bond acceptors (Lipinski definition) is 2. The highest BCUT2D eigenvalue weighted by Crippen LogP contribution is 2.74. The zero-order valence-electron chi connectivity index (χ0n) is 22.3. The Morgan fingerprint density at radius 3 is 2.12 bits per heavy atom. The minimum absolute atomic E-state index is 0.165. The molecule has 32 heavy (non-hydrogen) atoms. The number of ketones is 1. The van der Waals surface area contributed by atoms with Crippen LogP contribution in [0.15, 0.2) is 11.6 Å². The van der Waals surface area contributed by atoms with Crippen LogP contribution in [-0.4, -0.2) is 16.5 Å². The van der Waals surface area contributed by atoms with Gasteiger partial charge in [0.05, 0.1) is 5.60 Å². The minimum Gasteiger partial charge on any atom is -0.390 e. The summed E-state index contributed by atoms with van der Waals surface area (Å²) < 4.78 is 0. The van der Waals surface area contributed by atoms with Gasteiger partial charge in [-0.3, -0.25) is 4.79 Å². The molecule has 4 saturated carbocycles. The van der Waals surface area contributed by atoms with E-state index in [2.05, 4.69) is 61.5 Å². The van der Waals surface area contributed by atoms with Crippen molar-refractivity contribution < 1.29 is 9.90 Å². The first-order chi connectivity index (χ1) is 14.7. The van der Waals surface area contributed by atoms with Crippen LogP contribution in [0, 0.1) is 45.3 Å². The van der Waals surface area contributed by atoms with E-state index < -0.39 is 5.60 Å². The molecule has 0 aromatic rings. The monoisotopic (exact) mass is 442 g/mol. The van der Waals surface area contributed by atoms with Gasteiger partial charge in [0.25, 0.3) is 0 Å². The molecule has 4 fully saturated rings.